The van der Waals surface area contributed by atoms with E-state index in [-0.39, 0.29) is 9.13 Å². The highest BCUT2D eigenvalue weighted by Crippen LogP contribution is 2.26. The molecule has 9 heteroatoms. The first kappa shape index (κ1) is 13.2. The van der Waals surface area contributed by atoms with E-state index < -0.39 is 27.2 Å². The van der Waals surface area contributed by atoms with Crippen LogP contribution in [-0.2, 0) is 10.0 Å². The molecule has 0 bridgehead atoms. The summed E-state index contributed by atoms with van der Waals surface area (Å²) >= 11 is 1.50. The van der Waals surface area contributed by atoms with E-state index in [1.807, 2.05) is 0 Å². The van der Waals surface area contributed by atoms with Gasteiger partial charge in [-0.15, -0.1) is 0 Å². The Bertz CT molecular complexity index is 568. The minimum atomic E-state index is -4.21. The molecule has 0 fully saturated rings. The SMILES string of the molecule is N#Cc1cc(S(N)(=O)=O)nc(C(F)F)c1I. The van der Waals surface area contributed by atoms with E-state index in [0.29, 0.717) is 0 Å². The van der Waals surface area contributed by atoms with E-state index in [1.54, 1.807) is 6.07 Å². The third kappa shape index (κ3) is 2.63. The smallest absolute Gasteiger partial charge is 0.233 e. The number of primary sulfonamides is 1. The van der Waals surface area contributed by atoms with Crippen molar-refractivity contribution >= 4 is 32.6 Å². The molecule has 16 heavy (non-hydrogen) atoms. The standard InChI is InChI=1S/C7H4F2IN3O2S/c8-7(9)6-5(10)3(2-11)1-4(13-6)16(12,14)15/h1,7H,(H2,12,14,15). The Balaban J connectivity index is 3.61. The number of sulfonamides is 1. The summed E-state index contributed by atoms with van der Waals surface area (Å²) in [5, 5.41) is 12.7. The number of alkyl halides is 2. The Morgan fingerprint density at radius 1 is 1.56 bits per heavy atom. The fraction of sp³-hybridized carbons (Fsp3) is 0.143. The summed E-state index contributed by atoms with van der Waals surface area (Å²) in [6.07, 6.45) is -2.97. The van der Waals surface area contributed by atoms with Crippen molar-refractivity contribution in [1.82, 2.24) is 4.98 Å². The van der Waals surface area contributed by atoms with Gasteiger partial charge < -0.3 is 0 Å². The van der Waals surface area contributed by atoms with Crippen LogP contribution in [0.25, 0.3) is 0 Å². The van der Waals surface area contributed by atoms with Crippen LogP contribution in [0.1, 0.15) is 17.7 Å². The highest BCUT2D eigenvalue weighted by molar-refractivity contribution is 14.1. The first-order valence-corrected chi connectivity index (χ1v) is 6.31. The van der Waals surface area contributed by atoms with Crippen molar-refractivity contribution in [1.29, 1.82) is 5.26 Å². The Labute approximate surface area is 103 Å². The van der Waals surface area contributed by atoms with Gasteiger partial charge in [0.05, 0.1) is 9.13 Å². The first-order valence-electron chi connectivity index (χ1n) is 3.69. The molecule has 0 saturated heterocycles. The van der Waals surface area contributed by atoms with Crippen molar-refractivity contribution in [2.45, 2.75) is 11.5 Å². The summed E-state index contributed by atoms with van der Waals surface area (Å²) in [6, 6.07) is 2.47. The van der Waals surface area contributed by atoms with Gasteiger partial charge in [0, 0.05) is 0 Å². The van der Waals surface area contributed by atoms with Crippen molar-refractivity contribution in [3.63, 3.8) is 0 Å². The molecule has 0 unspecified atom stereocenters. The van der Waals surface area contributed by atoms with Crippen LogP contribution in [-0.4, -0.2) is 13.4 Å². The lowest BCUT2D eigenvalue weighted by Crippen LogP contribution is -2.16. The van der Waals surface area contributed by atoms with Crippen molar-refractivity contribution in [2.75, 3.05) is 0 Å². The largest absolute Gasteiger partial charge is 0.281 e. The molecule has 0 aliphatic rings. The molecule has 0 amide bonds. The Hall–Kier alpha value is -0.860. The molecular formula is C7H4F2IN3O2S. The lowest BCUT2D eigenvalue weighted by atomic mass is 10.2. The van der Waals surface area contributed by atoms with Gasteiger partial charge in [-0.1, -0.05) is 0 Å². The van der Waals surface area contributed by atoms with Gasteiger partial charge in [0.15, 0.2) is 5.03 Å². The average Bonchev–Trinajstić information content (AvgIpc) is 2.15. The molecule has 86 valence electrons. The zero-order valence-corrected chi connectivity index (χ0v) is 10.5. The van der Waals surface area contributed by atoms with Gasteiger partial charge >= 0.3 is 0 Å². The normalized spacial score (nSPS) is 11.5. The number of hydrogen-bond acceptors (Lipinski definition) is 4. The molecule has 0 spiro atoms. The van der Waals surface area contributed by atoms with Gasteiger partial charge in [-0.2, -0.15) is 5.26 Å². The molecule has 0 radical (unpaired) electrons. The molecule has 2 N–H and O–H groups in total. The number of nitrogens with zero attached hydrogens (tertiary/aromatic N) is 2. The monoisotopic (exact) mass is 359 g/mol. The second-order valence-corrected chi connectivity index (χ2v) is 5.25. The number of nitriles is 1. The van der Waals surface area contributed by atoms with Gasteiger partial charge in [-0.3, -0.25) is 0 Å². The second-order valence-electron chi connectivity index (χ2n) is 2.66. The van der Waals surface area contributed by atoms with E-state index in [2.05, 4.69) is 4.98 Å². The molecule has 0 aliphatic carbocycles. The van der Waals surface area contributed by atoms with Crippen LogP contribution in [0.5, 0.6) is 0 Å². The van der Waals surface area contributed by atoms with Crippen molar-refractivity contribution in [3.8, 4) is 6.07 Å². The highest BCUT2D eigenvalue weighted by Gasteiger charge is 2.21. The summed E-state index contributed by atoms with van der Waals surface area (Å²) in [6.45, 7) is 0. The van der Waals surface area contributed by atoms with Gasteiger partial charge in [0.2, 0.25) is 0 Å². The van der Waals surface area contributed by atoms with Gasteiger partial charge in [0.1, 0.15) is 11.8 Å². The molecule has 0 atom stereocenters. The van der Waals surface area contributed by atoms with E-state index >= 15 is 0 Å². The predicted molar refractivity (Wildman–Crippen MR) is 58.0 cm³/mol. The summed E-state index contributed by atoms with van der Waals surface area (Å²) in [5.74, 6) is 0. The molecule has 0 aromatic carbocycles. The third-order valence-electron chi connectivity index (χ3n) is 1.58. The molecule has 1 rings (SSSR count). The first-order chi connectivity index (χ1) is 7.27. The summed E-state index contributed by atoms with van der Waals surface area (Å²) in [7, 11) is -4.21. The lowest BCUT2D eigenvalue weighted by Gasteiger charge is -2.06. The van der Waals surface area contributed by atoms with Gasteiger partial charge in [-0.05, 0) is 28.7 Å². The van der Waals surface area contributed by atoms with E-state index in [4.69, 9.17) is 10.4 Å². The number of aromatic nitrogens is 1. The van der Waals surface area contributed by atoms with Crippen LogP contribution in [0, 0.1) is 14.9 Å². The Kier molecular flexibility index (Phi) is 3.76. The number of nitrogens with two attached hydrogens (primary N) is 1. The van der Waals surface area contributed by atoms with E-state index in [9.17, 15) is 17.2 Å². The maximum Gasteiger partial charge on any atom is 0.281 e. The van der Waals surface area contributed by atoms with Crippen molar-refractivity contribution in [2.24, 2.45) is 5.14 Å². The van der Waals surface area contributed by atoms with Crippen LogP contribution in [0.15, 0.2) is 11.1 Å². The van der Waals surface area contributed by atoms with Crippen LogP contribution in [0.3, 0.4) is 0 Å². The number of pyridine rings is 1. The fourth-order valence-corrected chi connectivity index (χ4v) is 2.04. The zero-order chi connectivity index (χ0) is 12.5. The summed E-state index contributed by atoms with van der Waals surface area (Å²) < 4.78 is 46.8. The number of hydrogen-bond donors (Lipinski definition) is 1. The average molecular weight is 359 g/mol. The lowest BCUT2D eigenvalue weighted by molar-refractivity contribution is 0.144. The van der Waals surface area contributed by atoms with Crippen LogP contribution in [0.2, 0.25) is 0 Å². The van der Waals surface area contributed by atoms with Crippen LogP contribution >= 0.6 is 22.6 Å². The van der Waals surface area contributed by atoms with Gasteiger partial charge in [0.25, 0.3) is 16.4 Å². The molecule has 1 heterocycles. The highest BCUT2D eigenvalue weighted by atomic mass is 127. The van der Waals surface area contributed by atoms with E-state index in [1.165, 1.54) is 22.6 Å². The van der Waals surface area contributed by atoms with Crippen LogP contribution in [0.4, 0.5) is 8.78 Å². The number of halogens is 3. The topological polar surface area (TPSA) is 96.8 Å². The minimum absolute atomic E-state index is 0.0810. The van der Waals surface area contributed by atoms with Crippen molar-refractivity contribution in [3.05, 3.63) is 20.9 Å². The Morgan fingerprint density at radius 2 is 2.12 bits per heavy atom. The molecule has 0 aliphatic heterocycles. The molecule has 1 aromatic heterocycles. The van der Waals surface area contributed by atoms with Crippen LogP contribution < -0.4 is 5.14 Å². The molecule has 0 saturated carbocycles. The minimum Gasteiger partial charge on any atom is -0.233 e. The quantitative estimate of drug-likeness (QED) is 0.801. The zero-order valence-electron chi connectivity index (χ0n) is 7.49. The molecular weight excluding hydrogens is 355 g/mol. The second kappa shape index (κ2) is 4.56. The molecule has 1 aromatic rings. The maximum absolute atomic E-state index is 12.5. The van der Waals surface area contributed by atoms with Gasteiger partial charge in [-0.25, -0.2) is 27.3 Å². The molecule has 5 nitrogen and oxygen atoms in total. The van der Waals surface area contributed by atoms with Crippen molar-refractivity contribution < 1.29 is 17.2 Å². The maximum atomic E-state index is 12.5. The Morgan fingerprint density at radius 3 is 2.50 bits per heavy atom. The fourth-order valence-electron chi connectivity index (χ4n) is 0.897. The van der Waals surface area contributed by atoms with E-state index in [0.717, 1.165) is 6.07 Å². The third-order valence-corrected chi connectivity index (χ3v) is 3.50. The predicted octanol–water partition coefficient (Wildman–Crippen LogP) is 1.14. The number of rotatable bonds is 2. The summed E-state index contributed by atoms with van der Waals surface area (Å²) in [5.41, 5.74) is -0.960. The summed E-state index contributed by atoms with van der Waals surface area (Å²) in [4.78, 5) is 3.23.